The van der Waals surface area contributed by atoms with E-state index in [0.717, 1.165) is 31.9 Å². The molecule has 132 valence electrons. The average Bonchev–Trinajstić information content (AvgIpc) is 3.39. The molecule has 0 unspecified atom stereocenters. The number of amides is 1. The predicted molar refractivity (Wildman–Crippen MR) is 99.9 cm³/mol. The fourth-order valence-corrected chi connectivity index (χ4v) is 3.89. The van der Waals surface area contributed by atoms with Crippen LogP contribution in [-0.2, 0) is 0 Å². The number of benzene rings is 1. The summed E-state index contributed by atoms with van der Waals surface area (Å²) in [6.45, 7) is 3.91. The summed E-state index contributed by atoms with van der Waals surface area (Å²) in [5.74, 6) is 0.755. The molecule has 1 aliphatic carbocycles. The van der Waals surface area contributed by atoms with Crippen LogP contribution in [0.5, 0.6) is 0 Å². The molecule has 2 aromatic rings. The zero-order valence-corrected chi connectivity index (χ0v) is 14.7. The predicted octanol–water partition coefficient (Wildman–Crippen LogP) is 3.43. The van der Waals surface area contributed by atoms with Crippen molar-refractivity contribution in [1.82, 2.24) is 14.8 Å². The molecule has 1 aliphatic heterocycles. The highest BCUT2D eigenvalue weighted by Gasteiger charge is 2.26. The number of aromatic nitrogens is 1. The smallest absolute Gasteiger partial charge is 0.267 e. The Kier molecular flexibility index (Phi) is 4.88. The van der Waals surface area contributed by atoms with Gasteiger partial charge in [-0.3, -0.25) is 4.79 Å². The first-order valence-corrected chi connectivity index (χ1v) is 9.53. The molecule has 0 atom stereocenters. The minimum Gasteiger partial charge on any atom is -0.349 e. The molecule has 1 saturated heterocycles. The van der Waals surface area contributed by atoms with Crippen molar-refractivity contribution in [2.24, 2.45) is 0 Å². The van der Waals surface area contributed by atoms with Gasteiger partial charge >= 0.3 is 0 Å². The number of likely N-dealkylation sites (tertiary alicyclic amines) is 1. The van der Waals surface area contributed by atoms with Crippen LogP contribution in [0.4, 0.5) is 0 Å². The van der Waals surface area contributed by atoms with Crippen LogP contribution in [-0.4, -0.2) is 41.6 Å². The van der Waals surface area contributed by atoms with Crippen molar-refractivity contribution in [1.29, 1.82) is 0 Å². The molecule has 0 bridgehead atoms. The van der Waals surface area contributed by atoms with E-state index >= 15 is 0 Å². The maximum Gasteiger partial charge on any atom is 0.267 e. The molecule has 2 aliphatic rings. The minimum absolute atomic E-state index is 0.0658. The number of piperidine rings is 1. The van der Waals surface area contributed by atoms with Gasteiger partial charge in [0, 0.05) is 25.3 Å². The third kappa shape index (κ3) is 3.96. The second kappa shape index (κ2) is 7.44. The van der Waals surface area contributed by atoms with E-state index in [9.17, 15) is 4.79 Å². The van der Waals surface area contributed by atoms with Gasteiger partial charge in [-0.05, 0) is 62.4 Å². The van der Waals surface area contributed by atoms with Gasteiger partial charge in [0.25, 0.3) is 5.91 Å². The first-order valence-electron chi connectivity index (χ1n) is 9.53. The molecular weight excluding hydrogens is 310 g/mol. The molecule has 1 aromatic heterocycles. The van der Waals surface area contributed by atoms with Crippen molar-refractivity contribution in [3.63, 3.8) is 0 Å². The maximum absolute atomic E-state index is 12.4. The standard InChI is InChI=1S/C21H27N3O/c25-21(20-7-4-13-24(20)19-8-9-19)22-12-16-23-14-10-18(11-15-23)17-5-2-1-3-6-17/h1-7,13,18-19H,8-12,14-16H2,(H,22,25). The Morgan fingerprint density at radius 1 is 1.00 bits per heavy atom. The van der Waals surface area contributed by atoms with Crippen LogP contribution in [0.25, 0.3) is 0 Å². The molecule has 1 N–H and O–H groups in total. The highest BCUT2D eigenvalue weighted by Crippen LogP contribution is 2.36. The van der Waals surface area contributed by atoms with Crippen LogP contribution < -0.4 is 5.32 Å². The van der Waals surface area contributed by atoms with E-state index in [1.807, 2.05) is 18.3 Å². The summed E-state index contributed by atoms with van der Waals surface area (Å²) >= 11 is 0. The lowest BCUT2D eigenvalue weighted by Gasteiger charge is -2.32. The Balaban J connectivity index is 1.21. The summed E-state index contributed by atoms with van der Waals surface area (Å²) in [6.07, 6.45) is 6.85. The highest BCUT2D eigenvalue weighted by molar-refractivity contribution is 5.92. The minimum atomic E-state index is 0.0658. The van der Waals surface area contributed by atoms with Crippen molar-refractivity contribution in [2.75, 3.05) is 26.2 Å². The van der Waals surface area contributed by atoms with Crippen LogP contribution in [0, 0.1) is 0 Å². The van der Waals surface area contributed by atoms with E-state index in [4.69, 9.17) is 0 Å². The van der Waals surface area contributed by atoms with Crippen molar-refractivity contribution in [3.05, 3.63) is 59.9 Å². The lowest BCUT2D eigenvalue weighted by molar-refractivity contribution is 0.0936. The van der Waals surface area contributed by atoms with Gasteiger partial charge in [0.2, 0.25) is 0 Å². The zero-order chi connectivity index (χ0) is 17.1. The van der Waals surface area contributed by atoms with Crippen LogP contribution in [0.15, 0.2) is 48.7 Å². The van der Waals surface area contributed by atoms with Crippen LogP contribution in [0.3, 0.4) is 0 Å². The molecule has 2 heterocycles. The SMILES string of the molecule is O=C(NCCN1CCC(c2ccccc2)CC1)c1cccn1C1CC1. The monoisotopic (exact) mass is 337 g/mol. The average molecular weight is 337 g/mol. The van der Waals surface area contributed by atoms with Gasteiger partial charge in [0.1, 0.15) is 5.69 Å². The van der Waals surface area contributed by atoms with Gasteiger partial charge in [-0.2, -0.15) is 0 Å². The van der Waals surface area contributed by atoms with Crippen molar-refractivity contribution in [3.8, 4) is 0 Å². The fraction of sp³-hybridized carbons (Fsp3) is 0.476. The van der Waals surface area contributed by atoms with Gasteiger partial charge in [0.15, 0.2) is 0 Å². The molecule has 2 fully saturated rings. The van der Waals surface area contributed by atoms with Gasteiger partial charge in [-0.1, -0.05) is 30.3 Å². The number of nitrogens with one attached hydrogen (secondary N) is 1. The number of nitrogens with zero attached hydrogens (tertiary/aromatic N) is 2. The van der Waals surface area contributed by atoms with Crippen molar-refractivity contribution >= 4 is 5.91 Å². The van der Waals surface area contributed by atoms with Crippen LogP contribution >= 0.6 is 0 Å². The van der Waals surface area contributed by atoms with Gasteiger partial charge in [-0.25, -0.2) is 0 Å². The number of hydrogen-bond acceptors (Lipinski definition) is 2. The van der Waals surface area contributed by atoms with E-state index in [1.54, 1.807) is 0 Å². The lowest BCUT2D eigenvalue weighted by atomic mass is 9.89. The summed E-state index contributed by atoms with van der Waals surface area (Å²) in [4.78, 5) is 14.9. The normalized spacial score (nSPS) is 19.0. The van der Waals surface area contributed by atoms with Crippen molar-refractivity contribution < 1.29 is 4.79 Å². The second-order valence-electron chi connectivity index (χ2n) is 7.31. The fourth-order valence-electron chi connectivity index (χ4n) is 3.89. The molecular formula is C21H27N3O. The summed E-state index contributed by atoms with van der Waals surface area (Å²) in [7, 11) is 0. The summed E-state index contributed by atoms with van der Waals surface area (Å²) in [5, 5.41) is 3.10. The van der Waals surface area contributed by atoms with Crippen LogP contribution in [0.1, 0.15) is 53.7 Å². The summed E-state index contributed by atoms with van der Waals surface area (Å²) < 4.78 is 2.13. The number of carbonyl (C=O) groups excluding carboxylic acids is 1. The molecule has 1 saturated carbocycles. The Morgan fingerprint density at radius 2 is 1.76 bits per heavy atom. The van der Waals surface area contributed by atoms with E-state index in [2.05, 4.69) is 45.1 Å². The molecule has 4 rings (SSSR count). The van der Waals surface area contributed by atoms with Crippen LogP contribution in [0.2, 0.25) is 0 Å². The third-order valence-electron chi connectivity index (χ3n) is 5.52. The highest BCUT2D eigenvalue weighted by atomic mass is 16.1. The van der Waals surface area contributed by atoms with Gasteiger partial charge < -0.3 is 14.8 Å². The zero-order valence-electron chi connectivity index (χ0n) is 14.7. The Bertz CT molecular complexity index is 697. The van der Waals surface area contributed by atoms with Gasteiger partial charge in [0.05, 0.1) is 0 Å². The van der Waals surface area contributed by atoms with Gasteiger partial charge in [-0.15, -0.1) is 0 Å². The van der Waals surface area contributed by atoms with E-state index in [1.165, 1.54) is 31.2 Å². The number of rotatable bonds is 6. The molecule has 25 heavy (non-hydrogen) atoms. The topological polar surface area (TPSA) is 37.3 Å². The first kappa shape index (κ1) is 16.4. The Hall–Kier alpha value is -2.07. The molecule has 0 radical (unpaired) electrons. The number of hydrogen-bond donors (Lipinski definition) is 1. The largest absolute Gasteiger partial charge is 0.349 e. The summed E-state index contributed by atoms with van der Waals surface area (Å²) in [5.41, 5.74) is 2.28. The molecule has 0 spiro atoms. The molecule has 4 nitrogen and oxygen atoms in total. The van der Waals surface area contributed by atoms with Crippen molar-refractivity contribution in [2.45, 2.75) is 37.6 Å². The Labute approximate surface area is 149 Å². The number of carbonyl (C=O) groups is 1. The lowest BCUT2D eigenvalue weighted by Crippen LogP contribution is -2.39. The maximum atomic E-state index is 12.4. The molecule has 4 heteroatoms. The Morgan fingerprint density at radius 3 is 2.48 bits per heavy atom. The molecule has 1 amide bonds. The van der Waals surface area contributed by atoms with E-state index < -0.39 is 0 Å². The second-order valence-corrected chi connectivity index (χ2v) is 7.31. The van der Waals surface area contributed by atoms with E-state index in [-0.39, 0.29) is 5.91 Å². The van der Waals surface area contributed by atoms with E-state index in [0.29, 0.717) is 12.0 Å². The first-order chi connectivity index (χ1) is 12.3. The quantitative estimate of drug-likeness (QED) is 0.877. The summed E-state index contributed by atoms with van der Waals surface area (Å²) in [6, 6.07) is 15.3. The third-order valence-corrected chi connectivity index (χ3v) is 5.52. The molecule has 1 aromatic carbocycles.